The zero-order chi connectivity index (χ0) is 33.9. The zero-order valence-electron chi connectivity index (χ0n) is 26.9. The smallest absolute Gasteiger partial charge is 0.326 e. The Balaban J connectivity index is 1.32. The van der Waals surface area contributed by atoms with E-state index in [1.807, 2.05) is 158 Å². The molecule has 0 spiro atoms. The summed E-state index contributed by atoms with van der Waals surface area (Å²) in [5.74, 6) is -0.560. The minimum absolute atomic E-state index is 0.0240. The molecule has 0 aliphatic rings. The van der Waals surface area contributed by atoms with Gasteiger partial charge in [-0.2, -0.15) is 0 Å². The van der Waals surface area contributed by atoms with Crippen LogP contribution in [0.15, 0.2) is 170 Å². The minimum atomic E-state index is -1.31. The largest absolute Gasteiger partial charge is 0.485 e. The van der Waals surface area contributed by atoms with Crippen LogP contribution in [-0.2, 0) is 34.6 Å². The number of rotatable bonds is 14. The first-order chi connectivity index (χ1) is 24.0. The third-order valence-corrected chi connectivity index (χ3v) is 8.49. The van der Waals surface area contributed by atoms with Crippen molar-refractivity contribution in [2.45, 2.75) is 31.1 Å². The van der Waals surface area contributed by atoms with Gasteiger partial charge in [0.05, 0.1) is 0 Å². The van der Waals surface area contributed by atoms with Crippen molar-refractivity contribution in [1.29, 1.82) is 0 Å². The molecule has 0 saturated heterocycles. The van der Waals surface area contributed by atoms with Gasteiger partial charge in [0.2, 0.25) is 5.91 Å². The number of benzene rings is 6. The van der Waals surface area contributed by atoms with E-state index in [-0.39, 0.29) is 6.42 Å². The molecule has 1 atom stereocenters. The third kappa shape index (κ3) is 7.71. The molecule has 6 aromatic rings. The van der Waals surface area contributed by atoms with E-state index in [0.717, 1.165) is 27.8 Å². The van der Waals surface area contributed by atoms with E-state index in [1.165, 1.54) is 0 Å². The van der Waals surface area contributed by atoms with Crippen LogP contribution in [0, 0.1) is 0 Å². The predicted molar refractivity (Wildman–Crippen MR) is 190 cm³/mol. The van der Waals surface area contributed by atoms with Crippen molar-refractivity contribution in [3.05, 3.63) is 203 Å². The SMILES string of the molecule is O=C(O)[C@H](Cc1ccc(OCc2ccccc2)c(OCc2ccccc2)c1)NC(=O)C(c1ccccc1)(c1ccccc1)c1ccccc1. The summed E-state index contributed by atoms with van der Waals surface area (Å²) in [6, 6.07) is 52.2. The van der Waals surface area contributed by atoms with E-state index >= 15 is 0 Å². The molecule has 0 unspecified atom stereocenters. The summed E-state index contributed by atoms with van der Waals surface area (Å²) >= 11 is 0. The lowest BCUT2D eigenvalue weighted by molar-refractivity contribution is -0.142. The normalized spacial score (nSPS) is 11.7. The maximum absolute atomic E-state index is 14.8. The van der Waals surface area contributed by atoms with E-state index < -0.39 is 23.3 Å². The van der Waals surface area contributed by atoms with Crippen LogP contribution in [0.3, 0.4) is 0 Å². The van der Waals surface area contributed by atoms with Gasteiger partial charge in [-0.25, -0.2) is 4.79 Å². The second kappa shape index (κ2) is 15.6. The van der Waals surface area contributed by atoms with Gasteiger partial charge in [-0.05, 0) is 45.5 Å². The predicted octanol–water partition coefficient (Wildman–Crippen LogP) is 7.99. The van der Waals surface area contributed by atoms with Gasteiger partial charge in [-0.15, -0.1) is 0 Å². The van der Waals surface area contributed by atoms with Crippen LogP contribution in [0.25, 0.3) is 0 Å². The average Bonchev–Trinajstić information content (AvgIpc) is 3.16. The van der Waals surface area contributed by atoms with Crippen molar-refractivity contribution in [2.75, 3.05) is 0 Å². The summed E-state index contributed by atoms with van der Waals surface area (Å²) in [6.07, 6.45) is 0.0240. The molecule has 0 heterocycles. The average molecular weight is 648 g/mol. The number of carboxylic acids is 1. The summed E-state index contributed by atoms with van der Waals surface area (Å²) in [5, 5.41) is 13.4. The van der Waals surface area contributed by atoms with Crippen LogP contribution in [0.4, 0.5) is 0 Å². The van der Waals surface area contributed by atoms with E-state index in [2.05, 4.69) is 5.32 Å². The standard InChI is InChI=1S/C43H37NO5/c45-41(46)38(44-42(47)43(35-20-10-3-11-21-35,36-22-12-4-13-23-36)37-24-14-5-15-25-37)28-34-26-27-39(48-30-32-16-6-1-7-17-32)40(29-34)49-31-33-18-8-2-9-19-33/h1-27,29,38H,28,30-31H2,(H,44,47)(H,45,46)/t38-/m0/s1. The summed E-state index contributed by atoms with van der Waals surface area (Å²) in [5.41, 5.74) is 3.54. The minimum Gasteiger partial charge on any atom is -0.485 e. The highest BCUT2D eigenvalue weighted by atomic mass is 16.5. The Hall–Kier alpha value is -6.14. The van der Waals surface area contributed by atoms with Crippen LogP contribution in [0.1, 0.15) is 33.4 Å². The van der Waals surface area contributed by atoms with Crippen molar-refractivity contribution < 1.29 is 24.2 Å². The Bertz CT molecular complexity index is 1850. The van der Waals surface area contributed by atoms with Crippen molar-refractivity contribution >= 4 is 11.9 Å². The summed E-state index contributed by atoms with van der Waals surface area (Å²) in [7, 11) is 0. The number of amides is 1. The molecule has 6 aromatic carbocycles. The fourth-order valence-electron chi connectivity index (χ4n) is 6.04. The van der Waals surface area contributed by atoms with Gasteiger partial charge in [0.25, 0.3) is 0 Å². The van der Waals surface area contributed by atoms with Gasteiger partial charge in [0, 0.05) is 6.42 Å². The molecular formula is C43H37NO5. The van der Waals surface area contributed by atoms with Crippen molar-refractivity contribution in [2.24, 2.45) is 0 Å². The molecule has 0 radical (unpaired) electrons. The summed E-state index contributed by atoms with van der Waals surface area (Å²) < 4.78 is 12.4. The quantitative estimate of drug-likeness (QED) is 0.117. The Morgan fingerprint density at radius 3 is 1.37 bits per heavy atom. The van der Waals surface area contributed by atoms with E-state index in [0.29, 0.717) is 30.3 Å². The second-order valence-corrected chi connectivity index (χ2v) is 11.7. The lowest BCUT2D eigenvalue weighted by atomic mass is 9.68. The molecule has 0 saturated carbocycles. The molecule has 6 nitrogen and oxygen atoms in total. The molecule has 0 aliphatic carbocycles. The maximum atomic E-state index is 14.8. The van der Waals surface area contributed by atoms with Crippen molar-refractivity contribution in [3.8, 4) is 11.5 Å². The van der Waals surface area contributed by atoms with E-state index in [4.69, 9.17) is 9.47 Å². The Morgan fingerprint density at radius 1 is 0.531 bits per heavy atom. The lowest BCUT2D eigenvalue weighted by Gasteiger charge is -2.35. The Labute approximate surface area is 286 Å². The highest BCUT2D eigenvalue weighted by molar-refractivity contribution is 5.98. The molecule has 0 fully saturated rings. The number of carboxylic acid groups (broad SMARTS) is 1. The molecule has 6 heteroatoms. The zero-order valence-corrected chi connectivity index (χ0v) is 26.9. The summed E-state index contributed by atoms with van der Waals surface area (Å²) in [6.45, 7) is 0.648. The van der Waals surface area contributed by atoms with Crippen LogP contribution in [0.5, 0.6) is 11.5 Å². The van der Waals surface area contributed by atoms with Gasteiger partial charge in [-0.3, -0.25) is 4.79 Å². The number of carbonyl (C=O) groups excluding carboxylic acids is 1. The Kier molecular flexibility index (Phi) is 10.5. The monoisotopic (exact) mass is 647 g/mol. The van der Waals surface area contributed by atoms with Gasteiger partial charge >= 0.3 is 5.97 Å². The third-order valence-electron chi connectivity index (χ3n) is 8.49. The first kappa shape index (κ1) is 32.8. The van der Waals surface area contributed by atoms with Gasteiger partial charge in [0.15, 0.2) is 11.5 Å². The highest BCUT2D eigenvalue weighted by Gasteiger charge is 2.45. The molecule has 0 bridgehead atoms. The number of carbonyl (C=O) groups is 2. The van der Waals surface area contributed by atoms with Crippen LogP contribution in [-0.4, -0.2) is 23.0 Å². The second-order valence-electron chi connectivity index (χ2n) is 11.7. The number of hydrogen-bond donors (Lipinski definition) is 2. The fraction of sp³-hybridized carbons (Fsp3) is 0.116. The first-order valence-corrected chi connectivity index (χ1v) is 16.2. The van der Waals surface area contributed by atoms with Gasteiger partial charge in [0.1, 0.15) is 24.7 Å². The molecule has 2 N–H and O–H groups in total. The molecule has 49 heavy (non-hydrogen) atoms. The molecule has 244 valence electrons. The van der Waals surface area contributed by atoms with Crippen molar-refractivity contribution in [1.82, 2.24) is 5.32 Å². The number of hydrogen-bond acceptors (Lipinski definition) is 4. The maximum Gasteiger partial charge on any atom is 0.326 e. The van der Waals surface area contributed by atoms with Crippen LogP contribution < -0.4 is 14.8 Å². The van der Waals surface area contributed by atoms with Gasteiger partial charge < -0.3 is 19.9 Å². The number of ether oxygens (including phenoxy) is 2. The fourth-order valence-corrected chi connectivity index (χ4v) is 6.04. The van der Waals surface area contributed by atoms with Crippen LogP contribution in [0.2, 0.25) is 0 Å². The number of aliphatic carboxylic acids is 1. The van der Waals surface area contributed by atoms with Crippen molar-refractivity contribution in [3.63, 3.8) is 0 Å². The molecule has 6 rings (SSSR count). The Morgan fingerprint density at radius 2 is 0.939 bits per heavy atom. The first-order valence-electron chi connectivity index (χ1n) is 16.2. The van der Waals surface area contributed by atoms with E-state index in [9.17, 15) is 14.7 Å². The molecule has 0 aromatic heterocycles. The number of nitrogens with one attached hydrogen (secondary N) is 1. The van der Waals surface area contributed by atoms with E-state index in [1.54, 1.807) is 12.1 Å². The highest BCUT2D eigenvalue weighted by Crippen LogP contribution is 2.40. The van der Waals surface area contributed by atoms with Gasteiger partial charge in [-0.1, -0.05) is 158 Å². The molecule has 0 aliphatic heterocycles. The van der Waals surface area contributed by atoms with Crippen LogP contribution >= 0.6 is 0 Å². The molecular weight excluding hydrogens is 610 g/mol. The lowest BCUT2D eigenvalue weighted by Crippen LogP contribution is -2.52. The topological polar surface area (TPSA) is 84.9 Å². The molecule has 1 amide bonds. The summed E-state index contributed by atoms with van der Waals surface area (Å²) in [4.78, 5) is 27.6.